The summed E-state index contributed by atoms with van der Waals surface area (Å²) >= 11 is 0. The van der Waals surface area contributed by atoms with Crippen molar-refractivity contribution in [1.82, 2.24) is 19.7 Å². The highest BCUT2D eigenvalue weighted by Crippen LogP contribution is 2.22. The number of hydrogen-bond acceptors (Lipinski definition) is 3. The van der Waals surface area contributed by atoms with E-state index in [0.717, 1.165) is 6.42 Å². The molecule has 0 unspecified atom stereocenters. The van der Waals surface area contributed by atoms with Crippen molar-refractivity contribution in [1.29, 1.82) is 0 Å². The molecule has 0 aromatic heterocycles. The number of fused-ring (bicyclic) bond motifs is 1. The van der Waals surface area contributed by atoms with E-state index in [1.807, 2.05) is 41.8 Å². The van der Waals surface area contributed by atoms with E-state index < -0.39 is 0 Å². The summed E-state index contributed by atoms with van der Waals surface area (Å²) in [5.74, 6) is -0.270. The molecule has 0 saturated heterocycles. The van der Waals surface area contributed by atoms with Crippen LogP contribution in [0.15, 0.2) is 60.2 Å². The predicted octanol–water partition coefficient (Wildman–Crippen LogP) is 2.46. The van der Waals surface area contributed by atoms with Gasteiger partial charge in [-0.1, -0.05) is 31.2 Å². The second-order valence-electron chi connectivity index (χ2n) is 5.72. The molecule has 0 atom stereocenters. The van der Waals surface area contributed by atoms with E-state index in [0.29, 0.717) is 35.6 Å². The molecule has 0 saturated carbocycles. The van der Waals surface area contributed by atoms with Gasteiger partial charge in [0, 0.05) is 25.5 Å². The van der Waals surface area contributed by atoms with Crippen LogP contribution in [0.1, 0.15) is 23.7 Å². The fourth-order valence-corrected chi connectivity index (χ4v) is 2.72. The van der Waals surface area contributed by atoms with Gasteiger partial charge in [-0.15, -0.1) is 6.58 Å². The first kappa shape index (κ1) is 16.7. The van der Waals surface area contributed by atoms with E-state index in [1.165, 1.54) is 4.68 Å². The number of amides is 1. The monoisotopic (exact) mass is 336 g/mol. The van der Waals surface area contributed by atoms with Gasteiger partial charge in [-0.05, 0) is 18.6 Å². The molecule has 25 heavy (non-hydrogen) atoms. The average molecular weight is 336 g/mol. The minimum absolute atomic E-state index is 0.232. The molecular weight excluding hydrogens is 316 g/mol. The summed E-state index contributed by atoms with van der Waals surface area (Å²) in [6.45, 7) is 6.72. The molecule has 0 radical (unpaired) electrons. The smallest absolute Gasteiger partial charge is 0.282 e. The second kappa shape index (κ2) is 7.17. The lowest BCUT2D eigenvalue weighted by molar-refractivity contribution is 0.0957. The Labute approximate surface area is 145 Å². The highest BCUT2D eigenvalue weighted by Gasteiger charge is 2.24. The number of para-hydroxylation sites is 1. The quantitative estimate of drug-likeness (QED) is 0.703. The van der Waals surface area contributed by atoms with Crippen LogP contribution in [0, 0.1) is 0 Å². The lowest BCUT2D eigenvalue weighted by atomic mass is 10.1. The number of pyridine rings is 1. The fraction of sp³-hybridized carbons (Fsp3) is 0.211. The van der Waals surface area contributed by atoms with E-state index >= 15 is 0 Å². The summed E-state index contributed by atoms with van der Waals surface area (Å²) in [6.07, 6.45) is 6.01. The number of hydrogen-bond donors (Lipinski definition) is 1. The lowest BCUT2D eigenvalue weighted by Crippen LogP contribution is -2.25. The Kier molecular flexibility index (Phi) is 4.79. The first-order valence-corrected chi connectivity index (χ1v) is 8.23. The lowest BCUT2D eigenvalue weighted by Gasteiger charge is -2.11. The van der Waals surface area contributed by atoms with Crippen LogP contribution in [0.5, 0.6) is 0 Å². The molecule has 0 bridgehead atoms. The zero-order valence-electron chi connectivity index (χ0n) is 14.1. The van der Waals surface area contributed by atoms with E-state index in [4.69, 9.17) is 0 Å². The first-order chi connectivity index (χ1) is 12.2. The molecule has 1 amide bonds. The Morgan fingerprint density at radius 2 is 2.04 bits per heavy atom. The molecule has 3 rings (SSSR count). The molecule has 2 aliphatic rings. The fourth-order valence-electron chi connectivity index (χ4n) is 2.72. The largest absolute Gasteiger partial charge is 0.353 e. The van der Waals surface area contributed by atoms with Crippen LogP contribution in [0.25, 0.3) is 16.9 Å². The minimum Gasteiger partial charge on any atom is -0.353 e. The molecule has 6 nitrogen and oxygen atoms in total. The minimum atomic E-state index is -0.270. The third kappa shape index (κ3) is 3.24. The number of aromatic nitrogens is 3. The number of carbonyl (C=O) groups excluding carboxylic acids is 1. The van der Waals surface area contributed by atoms with Crippen molar-refractivity contribution in [3.8, 4) is 16.9 Å². The van der Waals surface area contributed by atoms with Crippen LogP contribution < -0.4 is 10.9 Å². The topological polar surface area (TPSA) is 68.9 Å². The Hall–Kier alpha value is -3.15. The van der Waals surface area contributed by atoms with E-state index in [1.54, 1.807) is 18.5 Å². The predicted molar refractivity (Wildman–Crippen MR) is 97.3 cm³/mol. The zero-order valence-corrected chi connectivity index (χ0v) is 14.1. The number of benzene rings is 1. The van der Waals surface area contributed by atoms with Crippen LogP contribution in [0.2, 0.25) is 0 Å². The Morgan fingerprint density at radius 3 is 2.72 bits per heavy atom. The van der Waals surface area contributed by atoms with Crippen molar-refractivity contribution in [3.63, 3.8) is 0 Å². The standard InChI is InChI=1S/C19H20N4O2/c1-3-10-20-18(24)15-12-22(11-4-2)13-16-17(15)21-23(19(16)25)14-8-6-5-7-9-14/h3,5-9,12-13H,1,4,10-11H2,2H3,(H,20,24). The molecule has 2 heterocycles. The van der Waals surface area contributed by atoms with Crippen molar-refractivity contribution in [2.45, 2.75) is 19.9 Å². The van der Waals surface area contributed by atoms with Gasteiger partial charge < -0.3 is 9.88 Å². The SMILES string of the molecule is C=CCNC(=O)c1cn(CCC)cc2c(=O)n(-c3ccccc3)nc1-2. The maximum absolute atomic E-state index is 12.8. The summed E-state index contributed by atoms with van der Waals surface area (Å²) in [7, 11) is 0. The highest BCUT2D eigenvalue weighted by molar-refractivity contribution is 5.99. The maximum atomic E-state index is 12.8. The van der Waals surface area contributed by atoms with Gasteiger partial charge in [0.2, 0.25) is 0 Å². The number of nitrogens with one attached hydrogen (secondary N) is 1. The van der Waals surface area contributed by atoms with Crippen LogP contribution in [0.4, 0.5) is 0 Å². The molecule has 1 aromatic carbocycles. The van der Waals surface area contributed by atoms with Gasteiger partial charge >= 0.3 is 0 Å². The Bertz CT molecular complexity index is 924. The second-order valence-corrected chi connectivity index (χ2v) is 5.72. The summed E-state index contributed by atoms with van der Waals surface area (Å²) in [4.78, 5) is 25.3. The van der Waals surface area contributed by atoms with Crippen LogP contribution >= 0.6 is 0 Å². The van der Waals surface area contributed by atoms with Crippen molar-refractivity contribution >= 4 is 5.91 Å². The number of carbonyl (C=O) groups is 1. The summed E-state index contributed by atoms with van der Waals surface area (Å²) in [5, 5.41) is 7.17. The molecule has 0 spiro atoms. The third-order valence-corrected chi connectivity index (χ3v) is 3.86. The van der Waals surface area contributed by atoms with Crippen LogP contribution in [-0.2, 0) is 6.54 Å². The van der Waals surface area contributed by atoms with Crippen molar-refractivity contribution in [3.05, 3.63) is 71.3 Å². The molecule has 1 aromatic rings. The molecule has 0 fully saturated rings. The maximum Gasteiger partial charge on any atom is 0.282 e. The number of rotatable bonds is 6. The Morgan fingerprint density at radius 1 is 1.28 bits per heavy atom. The summed E-state index contributed by atoms with van der Waals surface area (Å²) in [6, 6.07) is 9.18. The molecule has 1 N–H and O–H groups in total. The summed E-state index contributed by atoms with van der Waals surface area (Å²) < 4.78 is 3.20. The number of aryl methyl sites for hydroxylation is 1. The van der Waals surface area contributed by atoms with Crippen LogP contribution in [-0.4, -0.2) is 26.8 Å². The highest BCUT2D eigenvalue weighted by atomic mass is 16.2. The van der Waals surface area contributed by atoms with Crippen molar-refractivity contribution < 1.29 is 4.79 Å². The van der Waals surface area contributed by atoms with Crippen LogP contribution in [0.3, 0.4) is 0 Å². The van der Waals surface area contributed by atoms with Gasteiger partial charge in [0.05, 0.1) is 16.8 Å². The van der Waals surface area contributed by atoms with E-state index in [9.17, 15) is 9.59 Å². The van der Waals surface area contributed by atoms with Gasteiger partial charge in [-0.25, -0.2) is 0 Å². The van der Waals surface area contributed by atoms with Gasteiger partial charge in [0.1, 0.15) is 5.69 Å². The van der Waals surface area contributed by atoms with E-state index in [-0.39, 0.29) is 11.5 Å². The number of nitrogens with zero attached hydrogens (tertiary/aromatic N) is 3. The molecule has 0 aliphatic carbocycles. The van der Waals surface area contributed by atoms with Gasteiger partial charge in [-0.2, -0.15) is 9.78 Å². The molecule has 2 aliphatic heterocycles. The average Bonchev–Trinajstić information content (AvgIpc) is 2.97. The normalized spacial score (nSPS) is 10.8. The third-order valence-electron chi connectivity index (χ3n) is 3.86. The zero-order chi connectivity index (χ0) is 17.8. The Balaban J connectivity index is 2.19. The van der Waals surface area contributed by atoms with Gasteiger partial charge in [0.15, 0.2) is 0 Å². The molecule has 6 heteroatoms. The van der Waals surface area contributed by atoms with Crippen molar-refractivity contribution in [2.75, 3.05) is 6.54 Å². The van der Waals surface area contributed by atoms with Gasteiger partial charge in [-0.3, -0.25) is 9.59 Å². The van der Waals surface area contributed by atoms with Crippen molar-refractivity contribution in [2.24, 2.45) is 0 Å². The van der Waals surface area contributed by atoms with E-state index in [2.05, 4.69) is 17.0 Å². The molecular formula is C19H20N4O2. The summed E-state index contributed by atoms with van der Waals surface area (Å²) in [5.41, 5.74) is 1.67. The first-order valence-electron chi connectivity index (χ1n) is 8.23. The van der Waals surface area contributed by atoms with Gasteiger partial charge in [0.25, 0.3) is 11.5 Å². The molecule has 128 valence electrons.